The number of rotatable bonds is 5. The van der Waals surface area contributed by atoms with E-state index in [1.807, 2.05) is 3.63 Å². The fourth-order valence-corrected chi connectivity index (χ4v) is 4.02. The van der Waals surface area contributed by atoms with E-state index in [4.69, 9.17) is 0 Å². The molecule has 0 saturated heterocycles. The van der Waals surface area contributed by atoms with Crippen molar-refractivity contribution in [3.05, 3.63) is 42.0 Å². The van der Waals surface area contributed by atoms with Crippen LogP contribution < -0.4 is 4.18 Å². The summed E-state index contributed by atoms with van der Waals surface area (Å²) in [6, 6.07) is 8.53. The Morgan fingerprint density at radius 3 is 1.51 bits per heavy atom. The van der Waals surface area contributed by atoms with E-state index in [1.165, 1.54) is 18.2 Å². The molecule has 0 bridgehead atoms. The van der Waals surface area contributed by atoms with Gasteiger partial charge in [0.1, 0.15) is 5.56 Å². The third-order valence-electron chi connectivity index (χ3n) is 3.51. The number of halogens is 9. The van der Waals surface area contributed by atoms with Crippen LogP contribution >= 0.6 is 0 Å². The van der Waals surface area contributed by atoms with Crippen LogP contribution in [0.3, 0.4) is 0 Å². The molecule has 2 aromatic rings. The van der Waals surface area contributed by atoms with E-state index in [-0.39, 0.29) is 5.39 Å². The Kier molecular flexibility index (Phi) is 9.12. The molecule has 0 aromatic heterocycles. The number of benzene rings is 2. The van der Waals surface area contributed by atoms with E-state index in [0.717, 1.165) is 13.2 Å². The minimum atomic E-state index is -6.85. The Morgan fingerprint density at radius 1 is 0.676 bits per heavy atom. The van der Waals surface area contributed by atoms with Crippen molar-refractivity contribution in [1.82, 2.24) is 0 Å². The molecule has 0 radical (unpaired) electrons. The quantitative estimate of drug-likeness (QED) is 0.211. The van der Waals surface area contributed by atoms with Crippen LogP contribution in [0.1, 0.15) is 10.4 Å². The van der Waals surface area contributed by atoms with Gasteiger partial charge in [-0.15, -0.1) is 3.63 Å². The molecule has 0 fully saturated rings. The number of hydrogen-bond donors (Lipinski definition) is 0. The topological polar surface area (TPSA) is 147 Å². The molecule has 10 nitrogen and oxygen atoms in total. The second kappa shape index (κ2) is 10.5. The highest BCUT2D eigenvalue weighted by molar-refractivity contribution is 8.00. The summed E-state index contributed by atoms with van der Waals surface area (Å²) in [6.45, 7) is 0. The van der Waals surface area contributed by atoms with Gasteiger partial charge in [-0.25, -0.2) is 4.79 Å². The third kappa shape index (κ3) is 7.58. The number of carbonyl (C=O) groups is 1. The van der Waals surface area contributed by atoms with Gasteiger partial charge in [-0.3, -0.25) is 0 Å². The average molecular weight is 616 g/mol. The Labute approximate surface area is 200 Å². The van der Waals surface area contributed by atoms with Crippen LogP contribution in [-0.4, -0.2) is 54.9 Å². The Bertz CT molecular complexity index is 1430. The van der Waals surface area contributed by atoms with Gasteiger partial charge in [-0.2, -0.15) is 64.8 Å². The van der Waals surface area contributed by atoms with Crippen LogP contribution in [0.25, 0.3) is 10.8 Å². The number of ether oxygens (including phenoxy) is 1. The number of esters is 1. The SMILES string of the molecule is COC(=O)c1c(OS(=O)(=O)C(F)(F)F)ccc2ccccc12.O=S(=O)(OS(=O)(=O)C(F)(F)F)C(F)(F)F. The molecule has 37 heavy (non-hydrogen) atoms. The maximum Gasteiger partial charge on any atom is 0.534 e. The summed E-state index contributed by atoms with van der Waals surface area (Å²) >= 11 is 0. The van der Waals surface area contributed by atoms with E-state index >= 15 is 0 Å². The zero-order chi connectivity index (χ0) is 29.3. The van der Waals surface area contributed by atoms with Crippen LogP contribution in [0.2, 0.25) is 0 Å². The second-order valence-corrected chi connectivity index (χ2v) is 10.8. The van der Waals surface area contributed by atoms with Crippen molar-refractivity contribution >= 4 is 47.1 Å². The van der Waals surface area contributed by atoms with Gasteiger partial charge in [-0.05, 0) is 11.5 Å². The summed E-state index contributed by atoms with van der Waals surface area (Å²) in [4.78, 5) is 11.8. The molecular formula is C15H9F9O10S3. The zero-order valence-electron chi connectivity index (χ0n) is 17.2. The minimum Gasteiger partial charge on any atom is -0.465 e. The Morgan fingerprint density at radius 2 is 1.11 bits per heavy atom. The highest BCUT2D eigenvalue weighted by Crippen LogP contribution is 2.34. The molecule has 0 aliphatic rings. The first-order chi connectivity index (χ1) is 16.4. The minimum absolute atomic E-state index is 0.212. The van der Waals surface area contributed by atoms with Crippen molar-refractivity contribution in [3.8, 4) is 5.75 Å². The standard InChI is InChI=1S/C13H9F3O5S.C2F6O5S2/c1-20-12(17)11-9-5-3-2-4-8(9)6-7-10(11)21-22(18,19)13(14,15)16;3-1(4,5)14(9,10)13-15(11,12)2(6,7)8/h2-7H,1H3;. The molecule has 210 valence electrons. The van der Waals surface area contributed by atoms with Crippen LogP contribution in [0.4, 0.5) is 39.5 Å². The fraction of sp³-hybridized carbons (Fsp3) is 0.267. The van der Waals surface area contributed by atoms with Gasteiger partial charge >= 0.3 is 52.8 Å². The summed E-state index contributed by atoms with van der Waals surface area (Å²) in [7, 11) is -18.6. The monoisotopic (exact) mass is 616 g/mol. The van der Waals surface area contributed by atoms with Crippen LogP contribution in [0.15, 0.2) is 36.4 Å². The van der Waals surface area contributed by atoms with E-state index in [9.17, 15) is 69.6 Å². The van der Waals surface area contributed by atoms with Crippen molar-refractivity contribution in [3.63, 3.8) is 0 Å². The van der Waals surface area contributed by atoms with Gasteiger partial charge in [0.25, 0.3) is 0 Å². The van der Waals surface area contributed by atoms with Crippen LogP contribution in [0, 0.1) is 0 Å². The van der Waals surface area contributed by atoms with Crippen molar-refractivity contribution in [2.45, 2.75) is 16.5 Å². The normalized spacial score (nSPS) is 13.5. The smallest absolute Gasteiger partial charge is 0.465 e. The van der Waals surface area contributed by atoms with Crippen LogP contribution in [-0.2, 0) is 38.7 Å². The number of alkyl halides is 9. The number of carbonyl (C=O) groups excluding carboxylic acids is 1. The van der Waals surface area contributed by atoms with E-state index in [1.54, 1.807) is 12.1 Å². The second-order valence-electron chi connectivity index (χ2n) is 6.00. The van der Waals surface area contributed by atoms with Gasteiger partial charge in [0.15, 0.2) is 5.75 Å². The number of fused-ring (bicyclic) bond motifs is 1. The highest BCUT2D eigenvalue weighted by atomic mass is 32.3. The van der Waals surface area contributed by atoms with Crippen molar-refractivity contribution in [2.24, 2.45) is 0 Å². The van der Waals surface area contributed by atoms with E-state index in [2.05, 4.69) is 8.92 Å². The number of methoxy groups -OCH3 is 1. The predicted octanol–water partition coefficient (Wildman–Crippen LogP) is 3.56. The molecule has 0 N–H and O–H groups in total. The first-order valence-corrected chi connectivity index (χ1v) is 12.5. The predicted molar refractivity (Wildman–Crippen MR) is 102 cm³/mol. The van der Waals surface area contributed by atoms with E-state index < -0.39 is 64.2 Å². The van der Waals surface area contributed by atoms with Gasteiger partial charge in [-0.1, -0.05) is 30.3 Å². The average Bonchev–Trinajstić information content (AvgIpc) is 2.70. The maximum absolute atomic E-state index is 12.4. The molecule has 0 aliphatic carbocycles. The van der Waals surface area contributed by atoms with E-state index in [0.29, 0.717) is 5.39 Å². The molecule has 0 spiro atoms. The summed E-state index contributed by atoms with van der Waals surface area (Å²) in [5.41, 5.74) is -18.5. The first kappa shape index (κ1) is 32.2. The summed E-state index contributed by atoms with van der Waals surface area (Å²) < 4.78 is 178. The molecule has 2 aromatic carbocycles. The molecular weight excluding hydrogens is 607 g/mol. The van der Waals surface area contributed by atoms with Crippen molar-refractivity contribution in [1.29, 1.82) is 0 Å². The van der Waals surface area contributed by atoms with Gasteiger partial charge in [0.2, 0.25) is 0 Å². The summed E-state index contributed by atoms with van der Waals surface area (Å²) in [5, 5.41) is 0.726. The molecule has 0 saturated carbocycles. The molecule has 22 heteroatoms. The van der Waals surface area contributed by atoms with Gasteiger partial charge < -0.3 is 8.92 Å². The summed E-state index contributed by atoms with van der Waals surface area (Å²) in [6.07, 6.45) is 0. The number of hydrogen-bond acceptors (Lipinski definition) is 10. The van der Waals surface area contributed by atoms with Crippen molar-refractivity contribution < 1.29 is 82.1 Å². The lowest BCUT2D eigenvalue weighted by atomic mass is 10.0. The van der Waals surface area contributed by atoms with Crippen molar-refractivity contribution in [2.75, 3.05) is 7.11 Å². The third-order valence-corrected chi connectivity index (χ3v) is 7.04. The zero-order valence-corrected chi connectivity index (χ0v) is 19.6. The van der Waals surface area contributed by atoms with Gasteiger partial charge in [0, 0.05) is 5.39 Å². The maximum atomic E-state index is 12.4. The first-order valence-electron chi connectivity index (χ1n) is 8.32. The lowest BCUT2D eigenvalue weighted by molar-refractivity contribution is -0.0586. The highest BCUT2D eigenvalue weighted by Gasteiger charge is 2.57. The molecule has 0 amide bonds. The van der Waals surface area contributed by atoms with Gasteiger partial charge in [0.05, 0.1) is 7.11 Å². The largest absolute Gasteiger partial charge is 0.534 e. The van der Waals surface area contributed by atoms with Crippen LogP contribution in [0.5, 0.6) is 5.75 Å². The summed E-state index contributed by atoms with van der Waals surface area (Å²) in [5.74, 6) is -1.76. The Balaban J connectivity index is 0.000000401. The molecule has 0 heterocycles. The molecule has 2 rings (SSSR count). The lowest BCUT2D eigenvalue weighted by Crippen LogP contribution is -2.34. The fourth-order valence-electron chi connectivity index (χ4n) is 1.99. The molecule has 0 unspecified atom stereocenters. The Hall–Kier alpha value is -2.85. The lowest BCUT2D eigenvalue weighted by Gasteiger charge is -2.13. The molecule has 0 aliphatic heterocycles. The molecule has 0 atom stereocenters.